The maximum absolute atomic E-state index is 6.43. The monoisotopic (exact) mass is 399 g/mol. The van der Waals surface area contributed by atoms with Gasteiger partial charge in [0, 0.05) is 17.2 Å². The number of halogens is 2. The Morgan fingerprint density at radius 1 is 1.35 bits per heavy atom. The largest absolute Gasteiger partial charge is 0.379 e. The van der Waals surface area contributed by atoms with Crippen LogP contribution >= 0.6 is 23.2 Å². The molecule has 1 aliphatic heterocycles. The van der Waals surface area contributed by atoms with Crippen molar-refractivity contribution in [3.63, 3.8) is 0 Å². The first-order valence-electron chi connectivity index (χ1n) is 8.80. The minimum absolute atomic E-state index is 0.174. The predicted octanol–water partition coefficient (Wildman–Crippen LogP) is 4.06. The second-order valence-corrected chi connectivity index (χ2v) is 7.15. The summed E-state index contributed by atoms with van der Waals surface area (Å²) in [4.78, 5) is 3.98. The van der Waals surface area contributed by atoms with Crippen LogP contribution in [0.2, 0.25) is 10.0 Å². The molecule has 1 aliphatic rings. The molecule has 0 amide bonds. The fraction of sp³-hybridized carbons (Fsp3) is 0.556. The minimum Gasteiger partial charge on any atom is -0.379 e. The molecule has 1 aromatic carbocycles. The molecular formula is C18H23Cl2N3O3. The van der Waals surface area contributed by atoms with Gasteiger partial charge in [-0.1, -0.05) is 49.0 Å². The molecule has 3 rings (SSSR count). The van der Waals surface area contributed by atoms with Gasteiger partial charge in [0.15, 0.2) is 0 Å². The highest BCUT2D eigenvalue weighted by molar-refractivity contribution is 6.35. The lowest BCUT2D eigenvalue weighted by Crippen LogP contribution is -2.35. The van der Waals surface area contributed by atoms with E-state index < -0.39 is 5.79 Å². The number of nitrogens with zero attached hydrogens (tertiary/aromatic N) is 3. The first-order chi connectivity index (χ1) is 12.6. The average molecular weight is 400 g/mol. The topological polar surface area (TPSA) is 58.4 Å². The summed E-state index contributed by atoms with van der Waals surface area (Å²) in [5.74, 6) is -1.05. The Balaban J connectivity index is 1.73. The molecular weight excluding hydrogens is 377 g/mol. The van der Waals surface area contributed by atoms with Gasteiger partial charge in [0.1, 0.15) is 25.3 Å². The summed E-state index contributed by atoms with van der Waals surface area (Å²) in [7, 11) is 0. The molecule has 1 saturated heterocycles. The lowest BCUT2D eigenvalue weighted by atomic mass is 10.1. The second kappa shape index (κ2) is 9.15. The highest BCUT2D eigenvalue weighted by atomic mass is 35.5. The summed E-state index contributed by atoms with van der Waals surface area (Å²) in [5.41, 5.74) is 0.715. The van der Waals surface area contributed by atoms with Crippen LogP contribution in [0.1, 0.15) is 31.7 Å². The van der Waals surface area contributed by atoms with Crippen molar-refractivity contribution in [3.8, 4) is 0 Å². The van der Waals surface area contributed by atoms with E-state index in [4.69, 9.17) is 37.4 Å². The van der Waals surface area contributed by atoms with E-state index in [2.05, 4.69) is 17.0 Å². The van der Waals surface area contributed by atoms with Crippen LogP contribution in [-0.2, 0) is 26.5 Å². The van der Waals surface area contributed by atoms with Crippen LogP contribution in [0.15, 0.2) is 30.9 Å². The molecule has 8 heteroatoms. The fourth-order valence-electron chi connectivity index (χ4n) is 2.95. The number of ether oxygens (including phenoxy) is 3. The highest BCUT2D eigenvalue weighted by Crippen LogP contribution is 2.40. The van der Waals surface area contributed by atoms with E-state index in [0.717, 1.165) is 13.0 Å². The Labute approximate surface area is 163 Å². The summed E-state index contributed by atoms with van der Waals surface area (Å²) in [6, 6.07) is 5.28. The number of rotatable bonds is 9. The smallest absolute Gasteiger partial charge is 0.217 e. The standard InChI is InChI=1S/C18H23Cl2N3O3/c1-2-3-4-7-24-9-15-10-25-18(26-15,11-23-13-21-12-22-23)16-6-5-14(19)8-17(16)20/h5-6,8,12-13,15H,2-4,7,9-11H2,1H3. The van der Waals surface area contributed by atoms with Crippen LogP contribution in [0.5, 0.6) is 0 Å². The molecule has 0 aliphatic carbocycles. The first-order valence-corrected chi connectivity index (χ1v) is 9.56. The summed E-state index contributed by atoms with van der Waals surface area (Å²) < 4.78 is 19.8. The van der Waals surface area contributed by atoms with Crippen molar-refractivity contribution in [2.45, 2.75) is 44.6 Å². The van der Waals surface area contributed by atoms with Gasteiger partial charge in [-0.3, -0.25) is 0 Å². The molecule has 0 bridgehead atoms. The van der Waals surface area contributed by atoms with Gasteiger partial charge >= 0.3 is 0 Å². The van der Waals surface area contributed by atoms with Gasteiger partial charge in [0.05, 0.1) is 18.2 Å². The molecule has 2 atom stereocenters. The maximum atomic E-state index is 6.43. The Bertz CT molecular complexity index is 699. The van der Waals surface area contributed by atoms with Gasteiger partial charge in [-0.25, -0.2) is 9.67 Å². The van der Waals surface area contributed by atoms with Crippen molar-refractivity contribution < 1.29 is 14.2 Å². The molecule has 0 spiro atoms. The van der Waals surface area contributed by atoms with Crippen molar-refractivity contribution in [2.75, 3.05) is 19.8 Å². The third kappa shape index (κ3) is 4.75. The zero-order chi connectivity index (χ0) is 18.4. The quantitative estimate of drug-likeness (QED) is 0.595. The second-order valence-electron chi connectivity index (χ2n) is 6.30. The van der Waals surface area contributed by atoms with Gasteiger partial charge in [-0.2, -0.15) is 5.10 Å². The number of hydrogen-bond donors (Lipinski definition) is 0. The Morgan fingerprint density at radius 2 is 2.23 bits per heavy atom. The molecule has 1 aromatic heterocycles. The molecule has 2 unspecified atom stereocenters. The van der Waals surface area contributed by atoms with E-state index >= 15 is 0 Å². The minimum atomic E-state index is -1.05. The maximum Gasteiger partial charge on any atom is 0.217 e. The highest BCUT2D eigenvalue weighted by Gasteiger charge is 2.45. The lowest BCUT2D eigenvalue weighted by molar-refractivity contribution is -0.193. The molecule has 2 aromatic rings. The van der Waals surface area contributed by atoms with Gasteiger partial charge < -0.3 is 14.2 Å². The van der Waals surface area contributed by atoms with E-state index in [1.165, 1.54) is 19.2 Å². The van der Waals surface area contributed by atoms with E-state index in [1.54, 1.807) is 23.1 Å². The van der Waals surface area contributed by atoms with E-state index in [-0.39, 0.29) is 6.10 Å². The van der Waals surface area contributed by atoms with Crippen LogP contribution in [0.4, 0.5) is 0 Å². The summed E-state index contributed by atoms with van der Waals surface area (Å²) in [6.45, 7) is 4.13. The molecule has 1 fully saturated rings. The Morgan fingerprint density at radius 3 is 2.96 bits per heavy atom. The van der Waals surface area contributed by atoms with Gasteiger partial charge in [-0.15, -0.1) is 0 Å². The van der Waals surface area contributed by atoms with E-state index in [1.807, 2.05) is 6.07 Å². The van der Waals surface area contributed by atoms with Crippen molar-refractivity contribution in [3.05, 3.63) is 46.5 Å². The molecule has 6 nitrogen and oxygen atoms in total. The van der Waals surface area contributed by atoms with Crippen molar-refractivity contribution in [2.24, 2.45) is 0 Å². The van der Waals surface area contributed by atoms with E-state index in [0.29, 0.717) is 35.4 Å². The molecule has 0 radical (unpaired) electrons. The first kappa shape index (κ1) is 19.6. The summed E-state index contributed by atoms with van der Waals surface area (Å²) in [6.07, 6.45) is 6.30. The van der Waals surface area contributed by atoms with Gasteiger partial charge in [0.2, 0.25) is 5.79 Å². The summed E-state index contributed by atoms with van der Waals surface area (Å²) >= 11 is 12.5. The van der Waals surface area contributed by atoms with Gasteiger partial charge in [-0.05, 0) is 18.6 Å². The average Bonchev–Trinajstić information content (AvgIpc) is 3.26. The van der Waals surface area contributed by atoms with Crippen molar-refractivity contribution >= 4 is 23.2 Å². The van der Waals surface area contributed by atoms with Crippen LogP contribution in [-0.4, -0.2) is 40.7 Å². The molecule has 2 heterocycles. The van der Waals surface area contributed by atoms with Crippen LogP contribution in [0, 0.1) is 0 Å². The number of unbranched alkanes of at least 4 members (excludes halogenated alkanes) is 2. The Hall–Kier alpha value is -1.18. The van der Waals surface area contributed by atoms with Crippen LogP contribution in [0.3, 0.4) is 0 Å². The third-order valence-electron chi connectivity index (χ3n) is 4.23. The lowest BCUT2D eigenvalue weighted by Gasteiger charge is -2.29. The molecule has 0 saturated carbocycles. The molecule has 26 heavy (non-hydrogen) atoms. The third-order valence-corrected chi connectivity index (χ3v) is 4.78. The zero-order valence-electron chi connectivity index (χ0n) is 14.7. The number of aromatic nitrogens is 3. The van der Waals surface area contributed by atoms with Crippen LogP contribution in [0.25, 0.3) is 0 Å². The van der Waals surface area contributed by atoms with E-state index in [9.17, 15) is 0 Å². The SMILES string of the molecule is CCCCCOCC1COC(Cn2cncn2)(c2ccc(Cl)cc2Cl)O1. The van der Waals surface area contributed by atoms with Crippen LogP contribution < -0.4 is 0 Å². The zero-order valence-corrected chi connectivity index (χ0v) is 16.2. The van der Waals surface area contributed by atoms with Crippen molar-refractivity contribution in [1.82, 2.24) is 14.8 Å². The molecule has 0 N–H and O–H groups in total. The normalized spacial score (nSPS) is 22.8. The van der Waals surface area contributed by atoms with Crippen molar-refractivity contribution in [1.29, 1.82) is 0 Å². The Kier molecular flexibility index (Phi) is 6.89. The number of benzene rings is 1. The van der Waals surface area contributed by atoms with Gasteiger partial charge in [0.25, 0.3) is 0 Å². The fourth-order valence-corrected chi connectivity index (χ4v) is 3.50. The predicted molar refractivity (Wildman–Crippen MR) is 99.3 cm³/mol. The molecule has 142 valence electrons. The number of hydrogen-bond acceptors (Lipinski definition) is 5. The summed E-state index contributed by atoms with van der Waals surface area (Å²) in [5, 5.41) is 5.21.